The number of hydrogen-bond donors (Lipinski definition) is 1. The van der Waals surface area contributed by atoms with Crippen molar-refractivity contribution in [2.45, 2.75) is 74.7 Å². The molecule has 226 valence electrons. The number of unbranched alkanes of at least 4 members (excludes halogenated alkanes) is 1. The Labute approximate surface area is 251 Å². The lowest BCUT2D eigenvalue weighted by Crippen LogP contribution is -2.58. The van der Waals surface area contributed by atoms with Crippen LogP contribution < -0.4 is 0 Å². The molecule has 2 unspecified atom stereocenters. The third-order valence-corrected chi connectivity index (χ3v) is 11.2. The molecule has 11 heteroatoms. The highest BCUT2D eigenvalue weighted by molar-refractivity contribution is 8.02. The molecule has 1 aromatic carbocycles. The molecule has 7 atom stereocenters. The van der Waals surface area contributed by atoms with E-state index in [1.165, 1.54) is 0 Å². The number of hydrogen-bond acceptors (Lipinski definition) is 8. The second-order valence-corrected chi connectivity index (χ2v) is 13.2. The number of fused-ring (bicyclic) bond motifs is 2. The van der Waals surface area contributed by atoms with Crippen molar-refractivity contribution in [2.24, 2.45) is 17.8 Å². The van der Waals surface area contributed by atoms with E-state index in [4.69, 9.17) is 4.74 Å². The summed E-state index contributed by atoms with van der Waals surface area (Å²) in [6.45, 7) is 12.0. The van der Waals surface area contributed by atoms with E-state index in [0.29, 0.717) is 12.8 Å². The van der Waals surface area contributed by atoms with Gasteiger partial charge in [-0.25, -0.2) is 4.68 Å². The van der Waals surface area contributed by atoms with Gasteiger partial charge < -0.3 is 19.6 Å². The van der Waals surface area contributed by atoms with Crippen LogP contribution in [0.2, 0.25) is 0 Å². The van der Waals surface area contributed by atoms with Gasteiger partial charge in [0.05, 0.1) is 41.4 Å². The van der Waals surface area contributed by atoms with Crippen molar-refractivity contribution < 1.29 is 24.2 Å². The van der Waals surface area contributed by atoms with E-state index < -0.39 is 28.7 Å². The maximum absolute atomic E-state index is 14.7. The average molecular weight is 596 g/mol. The number of aromatic nitrogens is 3. The van der Waals surface area contributed by atoms with Gasteiger partial charge in [-0.1, -0.05) is 49.8 Å². The highest BCUT2D eigenvalue weighted by Crippen LogP contribution is 2.67. The summed E-state index contributed by atoms with van der Waals surface area (Å²) < 4.78 is 6.56. The van der Waals surface area contributed by atoms with E-state index in [0.717, 1.165) is 30.3 Å². The van der Waals surface area contributed by atoms with Crippen LogP contribution in [-0.4, -0.2) is 89.5 Å². The summed E-state index contributed by atoms with van der Waals surface area (Å²) in [5.41, 5.74) is 1.51. The van der Waals surface area contributed by atoms with Crippen molar-refractivity contribution in [1.29, 1.82) is 0 Å². The number of ether oxygens (including phenoxy) is 1. The molecule has 3 aliphatic heterocycles. The van der Waals surface area contributed by atoms with Crippen LogP contribution in [-0.2, 0) is 25.8 Å². The minimum absolute atomic E-state index is 0.0527. The number of nitrogens with zero attached hydrogens (tertiary/aromatic N) is 5. The van der Waals surface area contributed by atoms with Gasteiger partial charge in [0.25, 0.3) is 0 Å². The number of allylic oxidation sites excluding steroid dienone is 1. The van der Waals surface area contributed by atoms with Crippen molar-refractivity contribution in [3.63, 3.8) is 0 Å². The molecule has 1 spiro atoms. The fraction of sp³-hybridized carbons (Fsp3) is 0.581. The zero-order valence-corrected chi connectivity index (χ0v) is 25.2. The molecule has 0 aliphatic carbocycles. The predicted molar refractivity (Wildman–Crippen MR) is 161 cm³/mol. The van der Waals surface area contributed by atoms with E-state index in [1.54, 1.807) is 38.4 Å². The fourth-order valence-electron chi connectivity index (χ4n) is 7.04. The molecule has 10 nitrogen and oxygen atoms in total. The zero-order chi connectivity index (χ0) is 30.0. The van der Waals surface area contributed by atoms with Crippen molar-refractivity contribution in [3.8, 4) is 0 Å². The van der Waals surface area contributed by atoms with Crippen LogP contribution in [0.5, 0.6) is 0 Å². The molecule has 1 N–H and O–H groups in total. The minimum atomic E-state index is -0.843. The standard InChI is InChI=1S/C31H41N5O5S/c1-5-8-11-17-41-30(40)25-24-14-15-31(42-24)26(25)28(38)36(23(18-37)20(4)7-3)27(31)29(39)34(16-6-2)19-35-22-13-10-9-12-21(22)32-33-35/h5-6,9-10,12-13,20,23-27,37H,1-2,7-8,11,14-19H2,3-4H3/t20-,23-,24+,25-,26-,27?,31?/m0/s1. The number of thioether (sulfide) groups is 1. The molecule has 3 saturated heterocycles. The SMILES string of the molecule is C=CCCCOC(=O)[C@@H]1[C@H]2C(=O)N([C@@H](CO)[C@@H](C)CC)C(C(=O)N(CC=C)Cn3nnc4ccccc43)C23CC[C@H]1S3. The number of aliphatic hydroxyl groups excluding tert-OH is 1. The number of likely N-dealkylation sites (tertiary alicyclic amines) is 1. The molecule has 5 rings (SSSR count). The van der Waals surface area contributed by atoms with E-state index in [1.807, 2.05) is 38.1 Å². The van der Waals surface area contributed by atoms with Crippen LogP contribution in [0.1, 0.15) is 46.0 Å². The third-order valence-electron chi connectivity index (χ3n) is 9.27. The smallest absolute Gasteiger partial charge is 0.310 e. The molecule has 1 aromatic heterocycles. The van der Waals surface area contributed by atoms with Crippen molar-refractivity contribution >= 4 is 40.6 Å². The topological polar surface area (TPSA) is 118 Å². The Morgan fingerprint density at radius 2 is 2.10 bits per heavy atom. The lowest BCUT2D eigenvalue weighted by molar-refractivity contribution is -0.155. The van der Waals surface area contributed by atoms with E-state index in [2.05, 4.69) is 23.5 Å². The molecule has 4 heterocycles. The number of carbonyl (C=O) groups excluding carboxylic acids is 3. The molecule has 2 bridgehead atoms. The first kappa shape index (κ1) is 30.3. The summed E-state index contributed by atoms with van der Waals surface area (Å²) in [5, 5.41) is 19.0. The molecule has 42 heavy (non-hydrogen) atoms. The number of rotatable bonds is 14. The highest BCUT2D eigenvalue weighted by Gasteiger charge is 2.75. The van der Waals surface area contributed by atoms with Gasteiger partial charge in [-0.05, 0) is 43.7 Å². The van der Waals surface area contributed by atoms with Gasteiger partial charge >= 0.3 is 5.97 Å². The van der Waals surface area contributed by atoms with Gasteiger partial charge in [0.15, 0.2) is 0 Å². The quantitative estimate of drug-likeness (QED) is 0.201. The Bertz CT molecular complexity index is 1350. The monoisotopic (exact) mass is 595 g/mol. The van der Waals surface area contributed by atoms with Crippen LogP contribution in [0.15, 0.2) is 49.6 Å². The molecular formula is C31H41N5O5S. The first-order chi connectivity index (χ1) is 20.3. The largest absolute Gasteiger partial charge is 0.465 e. The average Bonchev–Trinajstić information content (AvgIpc) is 3.75. The molecule has 3 fully saturated rings. The van der Waals surface area contributed by atoms with Gasteiger partial charge in [-0.2, -0.15) is 0 Å². The zero-order valence-electron chi connectivity index (χ0n) is 24.4. The van der Waals surface area contributed by atoms with E-state index >= 15 is 0 Å². The molecule has 2 aromatic rings. The minimum Gasteiger partial charge on any atom is -0.465 e. The first-order valence-corrected chi connectivity index (χ1v) is 15.8. The molecule has 2 amide bonds. The molecule has 3 aliphatic rings. The highest BCUT2D eigenvalue weighted by atomic mass is 32.2. The Kier molecular flexibility index (Phi) is 9.08. The molecule has 0 saturated carbocycles. The Morgan fingerprint density at radius 3 is 2.81 bits per heavy atom. The maximum atomic E-state index is 14.7. The summed E-state index contributed by atoms with van der Waals surface area (Å²) in [6.07, 6.45) is 6.93. The van der Waals surface area contributed by atoms with E-state index in [9.17, 15) is 19.5 Å². The predicted octanol–water partition coefficient (Wildman–Crippen LogP) is 3.41. The summed E-state index contributed by atoms with van der Waals surface area (Å²) in [7, 11) is 0. The second kappa shape index (κ2) is 12.6. The van der Waals surface area contributed by atoms with Gasteiger partial charge in [0.1, 0.15) is 18.2 Å². The van der Waals surface area contributed by atoms with Gasteiger partial charge in [0, 0.05) is 11.8 Å². The van der Waals surface area contributed by atoms with Gasteiger partial charge in [-0.3, -0.25) is 14.4 Å². The molecule has 0 radical (unpaired) electrons. The Hall–Kier alpha value is -3.18. The van der Waals surface area contributed by atoms with Crippen molar-refractivity contribution in [1.82, 2.24) is 24.8 Å². The summed E-state index contributed by atoms with van der Waals surface area (Å²) in [5.74, 6) is -2.20. The van der Waals surface area contributed by atoms with Crippen LogP contribution in [0.4, 0.5) is 0 Å². The lowest BCUT2D eigenvalue weighted by Gasteiger charge is -2.41. The maximum Gasteiger partial charge on any atom is 0.310 e. The Balaban J connectivity index is 1.52. The first-order valence-electron chi connectivity index (χ1n) is 14.9. The normalized spacial score (nSPS) is 27.6. The summed E-state index contributed by atoms with van der Waals surface area (Å²) in [6, 6.07) is 6.14. The number of carbonyl (C=O) groups is 3. The number of benzene rings is 1. The lowest BCUT2D eigenvalue weighted by atomic mass is 9.71. The van der Waals surface area contributed by atoms with Gasteiger partial charge in [-0.15, -0.1) is 30.0 Å². The summed E-state index contributed by atoms with van der Waals surface area (Å²) in [4.78, 5) is 45.9. The number of esters is 1. The number of amides is 2. The fourth-order valence-corrected chi connectivity index (χ4v) is 9.22. The van der Waals surface area contributed by atoms with E-state index in [-0.39, 0.29) is 55.4 Å². The number of para-hydroxylation sites is 1. The summed E-state index contributed by atoms with van der Waals surface area (Å²) >= 11 is 1.60. The van der Waals surface area contributed by atoms with Gasteiger partial charge in [0.2, 0.25) is 11.8 Å². The van der Waals surface area contributed by atoms with Crippen LogP contribution in [0, 0.1) is 17.8 Å². The van der Waals surface area contributed by atoms with Crippen molar-refractivity contribution in [2.75, 3.05) is 19.8 Å². The third kappa shape index (κ3) is 5.04. The molecular weight excluding hydrogens is 554 g/mol. The Morgan fingerprint density at radius 1 is 1.31 bits per heavy atom. The van der Waals surface area contributed by atoms with Crippen LogP contribution in [0.3, 0.4) is 0 Å². The van der Waals surface area contributed by atoms with Crippen LogP contribution in [0.25, 0.3) is 11.0 Å². The van der Waals surface area contributed by atoms with Crippen LogP contribution >= 0.6 is 11.8 Å². The second-order valence-electron chi connectivity index (χ2n) is 11.6. The van der Waals surface area contributed by atoms with Crippen molar-refractivity contribution in [3.05, 3.63) is 49.6 Å². The number of aliphatic hydroxyl groups is 1.